The molecule has 18 heavy (non-hydrogen) atoms. The second-order valence-corrected chi connectivity index (χ2v) is 4.51. The Kier molecular flexibility index (Phi) is 3.47. The van der Waals surface area contributed by atoms with Crippen LogP contribution in [0.1, 0.15) is 29.5 Å². The lowest BCUT2D eigenvalue weighted by atomic mass is 9.99. The number of rotatable bonds is 0. The monoisotopic (exact) mass is 240 g/mol. The maximum absolute atomic E-state index is 8.36. The van der Waals surface area contributed by atoms with Crippen LogP contribution < -0.4 is 0 Å². The molecular formula is C16H16O2. The molecule has 1 aliphatic carbocycles. The molecule has 2 heteroatoms. The summed E-state index contributed by atoms with van der Waals surface area (Å²) in [5, 5.41) is 6.89. The summed E-state index contributed by atoms with van der Waals surface area (Å²) in [6.45, 7) is 4.20. The van der Waals surface area contributed by atoms with Gasteiger partial charge in [-0.05, 0) is 29.2 Å². The average molecular weight is 240 g/mol. The number of benzene rings is 2. The van der Waals surface area contributed by atoms with Crippen LogP contribution in [0.15, 0.2) is 42.5 Å². The predicted molar refractivity (Wildman–Crippen MR) is 72.8 cm³/mol. The topological polar surface area (TPSA) is 37.3 Å². The van der Waals surface area contributed by atoms with Gasteiger partial charge in [0, 0.05) is 5.92 Å². The van der Waals surface area contributed by atoms with Crippen molar-refractivity contribution in [3.8, 4) is 11.1 Å². The molecule has 0 aliphatic heterocycles. The largest absolute Gasteiger partial charge is 0.483 e. The number of aryl methyl sites for hydroxylation is 1. The minimum absolute atomic E-state index is 0.250. The Hall–Kier alpha value is -2.09. The minimum atomic E-state index is -0.250. The third-order valence-corrected chi connectivity index (χ3v) is 3.39. The van der Waals surface area contributed by atoms with E-state index < -0.39 is 0 Å². The Morgan fingerprint density at radius 3 is 2.39 bits per heavy atom. The number of hydrogen-bond donors (Lipinski definition) is 1. The van der Waals surface area contributed by atoms with Gasteiger partial charge < -0.3 is 5.11 Å². The van der Waals surface area contributed by atoms with Crippen LogP contribution in [0.5, 0.6) is 0 Å². The van der Waals surface area contributed by atoms with Gasteiger partial charge in [-0.25, -0.2) is 0 Å². The van der Waals surface area contributed by atoms with Crippen LogP contribution >= 0.6 is 0 Å². The Bertz CT molecular complexity index is 573. The summed E-state index contributed by atoms with van der Waals surface area (Å²) in [6.07, 6.45) is 0. The van der Waals surface area contributed by atoms with Gasteiger partial charge in [-0.2, -0.15) is 0 Å². The van der Waals surface area contributed by atoms with Gasteiger partial charge in [0.2, 0.25) is 0 Å². The van der Waals surface area contributed by atoms with Crippen LogP contribution in [-0.4, -0.2) is 11.6 Å². The van der Waals surface area contributed by atoms with Gasteiger partial charge in [0.15, 0.2) is 0 Å². The fraction of sp³-hybridized carbons (Fsp3) is 0.188. The van der Waals surface area contributed by atoms with Crippen LogP contribution in [0.2, 0.25) is 0 Å². The summed E-state index contributed by atoms with van der Waals surface area (Å²) >= 11 is 0. The summed E-state index contributed by atoms with van der Waals surface area (Å²) in [5.41, 5.74) is 7.14. The van der Waals surface area contributed by atoms with Gasteiger partial charge >= 0.3 is 0 Å². The molecule has 0 fully saturated rings. The summed E-state index contributed by atoms with van der Waals surface area (Å²) in [6, 6.07) is 15.5. The van der Waals surface area contributed by atoms with Crippen molar-refractivity contribution in [1.82, 2.24) is 0 Å². The average Bonchev–Trinajstić information content (AvgIpc) is 2.65. The van der Waals surface area contributed by atoms with E-state index in [0.717, 1.165) is 0 Å². The van der Waals surface area contributed by atoms with Crippen LogP contribution in [0.4, 0.5) is 0 Å². The van der Waals surface area contributed by atoms with E-state index >= 15 is 0 Å². The molecule has 0 heterocycles. The lowest BCUT2D eigenvalue weighted by Gasteiger charge is -2.05. The van der Waals surface area contributed by atoms with E-state index in [1.807, 2.05) is 0 Å². The molecule has 1 aliphatic rings. The first-order valence-electron chi connectivity index (χ1n) is 5.96. The van der Waals surface area contributed by atoms with Crippen molar-refractivity contribution in [3.05, 3.63) is 59.2 Å². The van der Waals surface area contributed by atoms with Crippen molar-refractivity contribution in [3.63, 3.8) is 0 Å². The molecule has 0 aromatic heterocycles. The Balaban J connectivity index is 0.000000367. The van der Waals surface area contributed by atoms with E-state index in [0.29, 0.717) is 5.92 Å². The first-order chi connectivity index (χ1) is 8.69. The van der Waals surface area contributed by atoms with Gasteiger partial charge in [-0.3, -0.25) is 4.79 Å². The zero-order chi connectivity index (χ0) is 13.1. The number of carboxylic acid groups (broad SMARTS) is 1. The van der Waals surface area contributed by atoms with Crippen molar-refractivity contribution in [2.45, 2.75) is 19.8 Å². The molecule has 2 nitrogen and oxygen atoms in total. The Morgan fingerprint density at radius 1 is 1.06 bits per heavy atom. The molecule has 0 bridgehead atoms. The molecule has 0 spiro atoms. The van der Waals surface area contributed by atoms with Gasteiger partial charge in [-0.15, -0.1) is 0 Å². The van der Waals surface area contributed by atoms with Crippen molar-refractivity contribution >= 4 is 6.47 Å². The summed E-state index contributed by atoms with van der Waals surface area (Å²) in [4.78, 5) is 8.36. The second kappa shape index (κ2) is 5.05. The molecule has 1 unspecified atom stereocenters. The zero-order valence-corrected chi connectivity index (χ0v) is 10.6. The molecule has 1 N–H and O–H groups in total. The van der Waals surface area contributed by atoms with E-state index in [-0.39, 0.29) is 6.47 Å². The molecule has 0 saturated heterocycles. The highest BCUT2D eigenvalue weighted by molar-refractivity contribution is 5.79. The van der Waals surface area contributed by atoms with Crippen LogP contribution in [-0.2, 0) is 4.79 Å². The van der Waals surface area contributed by atoms with E-state index in [4.69, 9.17) is 9.90 Å². The summed E-state index contributed by atoms with van der Waals surface area (Å²) < 4.78 is 0. The molecule has 0 radical (unpaired) electrons. The van der Waals surface area contributed by atoms with Crippen LogP contribution in [0, 0.1) is 6.92 Å². The smallest absolute Gasteiger partial charge is 0.290 e. The highest BCUT2D eigenvalue weighted by Gasteiger charge is 2.24. The highest BCUT2D eigenvalue weighted by atomic mass is 16.3. The standard InChI is InChI=1S/C15H14.CH2O2/c1-10-7-8-13-11(2)12-5-3-4-6-14(12)15(13)9-10;2-1-3/h3-9,11H,1-2H3;1H,(H,2,3). The van der Waals surface area contributed by atoms with E-state index in [1.165, 1.54) is 27.8 Å². The quantitative estimate of drug-likeness (QED) is 0.710. The summed E-state index contributed by atoms with van der Waals surface area (Å²) in [5.74, 6) is 0.553. The molecule has 0 saturated carbocycles. The predicted octanol–water partition coefficient (Wildman–Crippen LogP) is 3.83. The normalized spacial score (nSPS) is 15.1. The molecular weight excluding hydrogens is 224 g/mol. The van der Waals surface area contributed by atoms with Crippen molar-refractivity contribution < 1.29 is 9.90 Å². The number of hydrogen-bond acceptors (Lipinski definition) is 1. The third kappa shape index (κ3) is 2.02. The first kappa shape index (κ1) is 12.4. The number of carbonyl (C=O) groups is 1. The minimum Gasteiger partial charge on any atom is -0.483 e. The van der Waals surface area contributed by atoms with Crippen molar-refractivity contribution in [2.24, 2.45) is 0 Å². The van der Waals surface area contributed by atoms with E-state index in [9.17, 15) is 0 Å². The van der Waals surface area contributed by atoms with Gasteiger partial charge in [-0.1, -0.05) is 55.0 Å². The SMILES string of the molecule is Cc1ccc2c(c1)-c1ccccc1C2C.O=CO. The molecule has 3 rings (SSSR count). The number of fused-ring (bicyclic) bond motifs is 3. The molecule has 2 aromatic carbocycles. The molecule has 1 atom stereocenters. The van der Waals surface area contributed by atoms with E-state index in [2.05, 4.69) is 56.3 Å². The maximum Gasteiger partial charge on any atom is 0.290 e. The van der Waals surface area contributed by atoms with Gasteiger partial charge in [0.1, 0.15) is 0 Å². The van der Waals surface area contributed by atoms with Crippen molar-refractivity contribution in [1.29, 1.82) is 0 Å². The third-order valence-electron chi connectivity index (χ3n) is 3.39. The zero-order valence-electron chi connectivity index (χ0n) is 10.6. The van der Waals surface area contributed by atoms with Crippen LogP contribution in [0.3, 0.4) is 0 Å². The molecule has 0 amide bonds. The van der Waals surface area contributed by atoms with Crippen molar-refractivity contribution in [2.75, 3.05) is 0 Å². The first-order valence-corrected chi connectivity index (χ1v) is 5.96. The Labute approximate surface area is 107 Å². The molecule has 2 aromatic rings. The Morgan fingerprint density at radius 2 is 1.67 bits per heavy atom. The fourth-order valence-corrected chi connectivity index (χ4v) is 2.57. The lowest BCUT2D eigenvalue weighted by molar-refractivity contribution is -0.122. The van der Waals surface area contributed by atoms with Crippen LogP contribution in [0.25, 0.3) is 11.1 Å². The van der Waals surface area contributed by atoms with Gasteiger partial charge in [0.25, 0.3) is 6.47 Å². The highest BCUT2D eigenvalue weighted by Crippen LogP contribution is 2.44. The molecule has 92 valence electrons. The summed E-state index contributed by atoms with van der Waals surface area (Å²) in [7, 11) is 0. The fourth-order valence-electron chi connectivity index (χ4n) is 2.57. The second-order valence-electron chi connectivity index (χ2n) is 4.51. The maximum atomic E-state index is 8.36. The van der Waals surface area contributed by atoms with E-state index in [1.54, 1.807) is 0 Å². The lowest BCUT2D eigenvalue weighted by Crippen LogP contribution is -1.88. The van der Waals surface area contributed by atoms with Gasteiger partial charge in [0.05, 0.1) is 0 Å².